The van der Waals surface area contributed by atoms with E-state index in [4.69, 9.17) is 9.47 Å². The summed E-state index contributed by atoms with van der Waals surface area (Å²) in [6.45, 7) is 8.98. The van der Waals surface area contributed by atoms with E-state index in [2.05, 4.69) is 24.1 Å². The van der Waals surface area contributed by atoms with Gasteiger partial charge in [-0.05, 0) is 30.9 Å². The molecule has 2 aliphatic heterocycles. The summed E-state index contributed by atoms with van der Waals surface area (Å²) in [5.41, 5.74) is 1.58. The first-order valence-corrected chi connectivity index (χ1v) is 8.79. The van der Waals surface area contributed by atoms with Crippen molar-refractivity contribution in [3.63, 3.8) is 0 Å². The highest BCUT2D eigenvalue weighted by atomic mass is 16.5. The molecule has 0 unspecified atom stereocenters. The van der Waals surface area contributed by atoms with Crippen molar-refractivity contribution < 1.29 is 14.3 Å². The van der Waals surface area contributed by atoms with E-state index in [0.717, 1.165) is 31.7 Å². The lowest BCUT2D eigenvalue weighted by atomic mass is 10.0. The van der Waals surface area contributed by atoms with Gasteiger partial charge in [-0.3, -0.25) is 9.69 Å². The number of fused-ring (bicyclic) bond motifs is 1. The Morgan fingerprint density at radius 2 is 2.17 bits per heavy atom. The minimum atomic E-state index is -0.0540. The fraction of sp³-hybridized carbons (Fsp3) is 0.632. The number of nitrogens with zero attached hydrogens (tertiary/aromatic N) is 1. The zero-order valence-corrected chi connectivity index (χ0v) is 15.0. The van der Waals surface area contributed by atoms with Crippen LogP contribution in [0.5, 0.6) is 5.75 Å². The smallest absolute Gasteiger partial charge is 0.255 e. The highest BCUT2D eigenvalue weighted by Crippen LogP contribution is 2.27. The van der Waals surface area contributed by atoms with Crippen molar-refractivity contribution in [1.29, 1.82) is 0 Å². The maximum Gasteiger partial charge on any atom is 0.255 e. The lowest BCUT2D eigenvalue weighted by molar-refractivity contribution is -0.0683. The third-order valence-electron chi connectivity index (χ3n) is 5.18. The second-order valence-electron chi connectivity index (χ2n) is 7.29. The Bertz CT molecular complexity index is 602. The van der Waals surface area contributed by atoms with Crippen molar-refractivity contribution in [3.8, 4) is 5.75 Å². The van der Waals surface area contributed by atoms with Crippen LogP contribution in [0, 0.1) is 12.8 Å². The molecule has 0 radical (unpaired) electrons. The molecule has 1 aromatic carbocycles. The number of nitrogens with one attached hydrogen (secondary N) is 1. The summed E-state index contributed by atoms with van der Waals surface area (Å²) in [5.74, 6) is 1.13. The van der Waals surface area contributed by atoms with Crippen LogP contribution in [0.15, 0.2) is 18.2 Å². The second kappa shape index (κ2) is 7.11. The van der Waals surface area contributed by atoms with Gasteiger partial charge in [-0.15, -0.1) is 0 Å². The molecule has 2 fully saturated rings. The summed E-state index contributed by atoms with van der Waals surface area (Å²) in [7, 11) is 1.61. The molecule has 1 N–H and O–H groups in total. The molecule has 0 aromatic heterocycles. The molecule has 3 rings (SSSR count). The van der Waals surface area contributed by atoms with Crippen LogP contribution < -0.4 is 10.1 Å². The highest BCUT2D eigenvalue weighted by molar-refractivity contribution is 5.97. The first-order chi connectivity index (χ1) is 11.5. The van der Waals surface area contributed by atoms with Gasteiger partial charge in [0.05, 0.1) is 25.4 Å². The minimum Gasteiger partial charge on any atom is -0.496 e. The number of amides is 1. The van der Waals surface area contributed by atoms with Gasteiger partial charge in [0.15, 0.2) is 0 Å². The minimum absolute atomic E-state index is 0.0540. The first kappa shape index (κ1) is 17.2. The summed E-state index contributed by atoms with van der Waals surface area (Å²) < 4.78 is 11.4. The van der Waals surface area contributed by atoms with Crippen molar-refractivity contribution in [2.75, 3.05) is 26.8 Å². The number of hydrogen-bond donors (Lipinski definition) is 1. The molecule has 2 saturated heterocycles. The van der Waals surface area contributed by atoms with Gasteiger partial charge in [-0.25, -0.2) is 0 Å². The molecule has 0 bridgehead atoms. The van der Waals surface area contributed by atoms with Crippen molar-refractivity contribution in [2.45, 2.75) is 45.4 Å². The van der Waals surface area contributed by atoms with E-state index in [-0.39, 0.29) is 11.9 Å². The molecule has 0 spiro atoms. The molecule has 24 heavy (non-hydrogen) atoms. The predicted octanol–water partition coefficient (Wildman–Crippen LogP) is 2.23. The van der Waals surface area contributed by atoms with Gasteiger partial charge < -0.3 is 14.8 Å². The lowest BCUT2D eigenvalue weighted by Crippen LogP contribution is -2.48. The van der Waals surface area contributed by atoms with E-state index < -0.39 is 0 Å². The second-order valence-corrected chi connectivity index (χ2v) is 7.29. The highest BCUT2D eigenvalue weighted by Gasteiger charge is 2.38. The monoisotopic (exact) mass is 332 g/mol. The van der Waals surface area contributed by atoms with Gasteiger partial charge >= 0.3 is 0 Å². The van der Waals surface area contributed by atoms with Crippen molar-refractivity contribution in [1.82, 2.24) is 10.2 Å². The van der Waals surface area contributed by atoms with E-state index in [0.29, 0.717) is 29.4 Å². The molecule has 3 atom stereocenters. The molecule has 1 aromatic rings. The number of carbonyl (C=O) groups is 1. The number of carbonyl (C=O) groups excluding carboxylic acids is 1. The zero-order valence-electron chi connectivity index (χ0n) is 15.0. The van der Waals surface area contributed by atoms with E-state index in [1.54, 1.807) is 7.11 Å². The molecule has 0 saturated carbocycles. The zero-order chi connectivity index (χ0) is 17.3. The van der Waals surface area contributed by atoms with Crippen molar-refractivity contribution in [3.05, 3.63) is 29.3 Å². The fourth-order valence-electron chi connectivity index (χ4n) is 3.77. The summed E-state index contributed by atoms with van der Waals surface area (Å²) in [6, 6.07) is 6.26. The number of morpholine rings is 1. The largest absolute Gasteiger partial charge is 0.496 e. The van der Waals surface area contributed by atoms with Crippen molar-refractivity contribution >= 4 is 5.91 Å². The maximum atomic E-state index is 12.7. The Morgan fingerprint density at radius 3 is 2.88 bits per heavy atom. The van der Waals surface area contributed by atoms with Gasteiger partial charge in [-0.1, -0.05) is 26.0 Å². The Kier molecular flexibility index (Phi) is 5.11. The number of para-hydroxylation sites is 1. The number of methoxy groups -OCH3 is 1. The average Bonchev–Trinajstić information content (AvgIpc) is 2.95. The van der Waals surface area contributed by atoms with Crippen LogP contribution in [-0.4, -0.2) is 55.8 Å². The molecular weight excluding hydrogens is 304 g/mol. The van der Waals surface area contributed by atoms with Crippen LogP contribution in [0.25, 0.3) is 0 Å². The predicted molar refractivity (Wildman–Crippen MR) is 93.5 cm³/mol. The molecule has 5 heteroatoms. The average molecular weight is 332 g/mol. The molecule has 132 valence electrons. The summed E-state index contributed by atoms with van der Waals surface area (Å²) in [4.78, 5) is 15.1. The topological polar surface area (TPSA) is 50.8 Å². The number of benzene rings is 1. The summed E-state index contributed by atoms with van der Waals surface area (Å²) >= 11 is 0. The Balaban J connectivity index is 1.64. The van der Waals surface area contributed by atoms with E-state index in [1.165, 1.54) is 0 Å². The molecule has 2 aliphatic rings. The number of aryl methyl sites for hydroxylation is 1. The van der Waals surface area contributed by atoms with E-state index in [1.807, 2.05) is 25.1 Å². The normalized spacial score (nSPS) is 27.1. The van der Waals surface area contributed by atoms with Crippen LogP contribution in [0.1, 0.15) is 36.2 Å². The molecular formula is C19H28N2O3. The van der Waals surface area contributed by atoms with Gasteiger partial charge in [0.1, 0.15) is 5.75 Å². The summed E-state index contributed by atoms with van der Waals surface area (Å²) in [6.07, 6.45) is 1.25. The van der Waals surface area contributed by atoms with Gasteiger partial charge in [0, 0.05) is 25.2 Å². The SMILES string of the molecule is COc1c(C)cccc1C(=O)N[C@H]1C[C@H]2CO[C@@H](C(C)C)CN2C1. The number of rotatable bonds is 4. The van der Waals surface area contributed by atoms with Crippen LogP contribution in [0.2, 0.25) is 0 Å². The van der Waals surface area contributed by atoms with Crippen LogP contribution in [0.4, 0.5) is 0 Å². The van der Waals surface area contributed by atoms with Crippen LogP contribution in [0.3, 0.4) is 0 Å². The quantitative estimate of drug-likeness (QED) is 0.919. The third kappa shape index (κ3) is 3.42. The molecule has 2 heterocycles. The van der Waals surface area contributed by atoms with E-state index in [9.17, 15) is 4.79 Å². The van der Waals surface area contributed by atoms with Crippen LogP contribution >= 0.6 is 0 Å². The van der Waals surface area contributed by atoms with Gasteiger partial charge in [-0.2, -0.15) is 0 Å². The number of ether oxygens (including phenoxy) is 2. The number of hydrogen-bond acceptors (Lipinski definition) is 4. The van der Waals surface area contributed by atoms with Crippen molar-refractivity contribution in [2.24, 2.45) is 5.92 Å². The maximum absolute atomic E-state index is 12.7. The lowest BCUT2D eigenvalue weighted by Gasteiger charge is -2.36. The summed E-state index contributed by atoms with van der Waals surface area (Å²) in [5, 5.41) is 3.18. The molecule has 0 aliphatic carbocycles. The standard InChI is InChI=1S/C19H28N2O3/c1-12(2)17-10-21-9-14(8-15(21)11-24-17)20-19(22)16-7-5-6-13(3)18(16)23-4/h5-7,12,14-15,17H,8-11H2,1-4H3,(H,20,22)/t14-,15-,17+/m0/s1. The first-order valence-electron chi connectivity index (χ1n) is 8.79. The van der Waals surface area contributed by atoms with E-state index >= 15 is 0 Å². The van der Waals surface area contributed by atoms with Gasteiger partial charge in [0.25, 0.3) is 5.91 Å². The third-order valence-corrected chi connectivity index (χ3v) is 5.18. The molecule has 5 nitrogen and oxygen atoms in total. The Labute approximate surface area is 144 Å². The van der Waals surface area contributed by atoms with Crippen LogP contribution in [-0.2, 0) is 4.74 Å². The Morgan fingerprint density at radius 1 is 1.38 bits per heavy atom. The van der Waals surface area contributed by atoms with Gasteiger partial charge in [0.2, 0.25) is 0 Å². The molecule has 1 amide bonds. The Hall–Kier alpha value is -1.59. The fourth-order valence-corrected chi connectivity index (χ4v) is 3.77.